The van der Waals surface area contributed by atoms with Crippen molar-refractivity contribution in [2.24, 2.45) is 0 Å². The fourth-order valence-corrected chi connectivity index (χ4v) is 4.97. The number of fused-ring (bicyclic) bond motifs is 1. The summed E-state index contributed by atoms with van der Waals surface area (Å²) in [6.07, 6.45) is 6.66. The van der Waals surface area contributed by atoms with E-state index < -0.39 is 5.79 Å². The second kappa shape index (κ2) is 8.29. The van der Waals surface area contributed by atoms with Gasteiger partial charge in [0.05, 0.1) is 6.61 Å². The average molecular weight is 421 g/mol. The molecule has 2 aliphatic heterocycles. The zero-order chi connectivity index (χ0) is 21.4. The Hall–Kier alpha value is -2.37. The lowest BCUT2D eigenvalue weighted by molar-refractivity contribution is -0.231. The van der Waals surface area contributed by atoms with Crippen molar-refractivity contribution in [1.29, 1.82) is 0 Å². The second-order valence-electron chi connectivity index (χ2n) is 9.40. The SMILES string of the molecule is CN(C)C(=O)c1ccccc1Cc1ccc2c(c1)COC1(CCN(C3CCC3)CC1)O2. The molecular formula is C26H32N2O3. The Morgan fingerprint density at radius 3 is 2.61 bits per heavy atom. The monoisotopic (exact) mass is 420 g/mol. The second-order valence-corrected chi connectivity index (χ2v) is 9.40. The Morgan fingerprint density at radius 2 is 1.90 bits per heavy atom. The van der Waals surface area contributed by atoms with Gasteiger partial charge < -0.3 is 14.4 Å². The summed E-state index contributed by atoms with van der Waals surface area (Å²) in [5.41, 5.74) is 4.07. The third-order valence-electron chi connectivity index (χ3n) is 7.11. The van der Waals surface area contributed by atoms with Crippen LogP contribution >= 0.6 is 0 Å². The topological polar surface area (TPSA) is 42.0 Å². The van der Waals surface area contributed by atoms with Gasteiger partial charge in [0, 0.05) is 57.2 Å². The molecule has 5 heteroatoms. The van der Waals surface area contributed by atoms with Gasteiger partial charge in [0.1, 0.15) is 5.75 Å². The van der Waals surface area contributed by atoms with Gasteiger partial charge in [0.25, 0.3) is 5.91 Å². The lowest BCUT2D eigenvalue weighted by atomic mass is 9.89. The number of hydrogen-bond acceptors (Lipinski definition) is 4. The van der Waals surface area contributed by atoms with Gasteiger partial charge in [0.2, 0.25) is 5.79 Å². The van der Waals surface area contributed by atoms with E-state index in [1.54, 1.807) is 19.0 Å². The van der Waals surface area contributed by atoms with E-state index in [-0.39, 0.29) is 5.91 Å². The molecule has 5 rings (SSSR count). The molecule has 1 aliphatic carbocycles. The van der Waals surface area contributed by atoms with Crippen molar-refractivity contribution in [1.82, 2.24) is 9.80 Å². The van der Waals surface area contributed by atoms with E-state index >= 15 is 0 Å². The van der Waals surface area contributed by atoms with Crippen LogP contribution in [-0.4, -0.2) is 54.7 Å². The van der Waals surface area contributed by atoms with Gasteiger partial charge in [0.15, 0.2) is 0 Å². The van der Waals surface area contributed by atoms with Crippen molar-refractivity contribution in [3.8, 4) is 5.75 Å². The summed E-state index contributed by atoms with van der Waals surface area (Å²) in [5.74, 6) is 0.527. The normalized spacial score (nSPS) is 20.6. The number of hydrogen-bond donors (Lipinski definition) is 0. The summed E-state index contributed by atoms with van der Waals surface area (Å²) in [6, 6.07) is 15.0. The molecule has 1 spiro atoms. The Morgan fingerprint density at radius 1 is 1.13 bits per heavy atom. The number of carbonyl (C=O) groups excluding carboxylic acids is 1. The van der Waals surface area contributed by atoms with Gasteiger partial charge in [-0.3, -0.25) is 9.69 Å². The van der Waals surface area contributed by atoms with Crippen LogP contribution in [0, 0.1) is 0 Å². The Bertz CT molecular complexity index is 959. The van der Waals surface area contributed by atoms with Crippen LogP contribution in [0.1, 0.15) is 59.2 Å². The maximum atomic E-state index is 12.5. The first-order chi connectivity index (χ1) is 15.0. The molecule has 0 bridgehead atoms. The largest absolute Gasteiger partial charge is 0.462 e. The first-order valence-corrected chi connectivity index (χ1v) is 11.5. The van der Waals surface area contributed by atoms with E-state index in [1.165, 1.54) is 24.8 Å². The maximum absolute atomic E-state index is 12.5. The van der Waals surface area contributed by atoms with Crippen molar-refractivity contribution >= 4 is 5.91 Å². The molecule has 2 aromatic carbocycles. The van der Waals surface area contributed by atoms with Crippen LogP contribution in [0.5, 0.6) is 5.75 Å². The molecule has 0 unspecified atom stereocenters. The van der Waals surface area contributed by atoms with E-state index in [2.05, 4.69) is 23.1 Å². The van der Waals surface area contributed by atoms with Crippen LogP contribution in [0.3, 0.4) is 0 Å². The van der Waals surface area contributed by atoms with Gasteiger partial charge in [-0.15, -0.1) is 0 Å². The first-order valence-electron chi connectivity index (χ1n) is 11.5. The zero-order valence-electron chi connectivity index (χ0n) is 18.6. The lowest BCUT2D eigenvalue weighted by Crippen LogP contribution is -2.54. The number of nitrogens with zero attached hydrogens (tertiary/aromatic N) is 2. The number of benzene rings is 2. The summed E-state index contributed by atoms with van der Waals surface area (Å²) in [7, 11) is 3.58. The highest BCUT2D eigenvalue weighted by Crippen LogP contribution is 2.39. The van der Waals surface area contributed by atoms with Gasteiger partial charge in [-0.05, 0) is 48.6 Å². The fourth-order valence-electron chi connectivity index (χ4n) is 4.97. The molecular weight excluding hydrogens is 388 g/mol. The first kappa shape index (κ1) is 20.5. The average Bonchev–Trinajstić information content (AvgIpc) is 2.74. The highest BCUT2D eigenvalue weighted by atomic mass is 16.7. The van der Waals surface area contributed by atoms with E-state index in [0.717, 1.165) is 54.4 Å². The van der Waals surface area contributed by atoms with Crippen LogP contribution in [0.4, 0.5) is 0 Å². The summed E-state index contributed by atoms with van der Waals surface area (Å²) in [6.45, 7) is 2.72. The minimum absolute atomic E-state index is 0.0374. The van der Waals surface area contributed by atoms with Gasteiger partial charge in [-0.1, -0.05) is 30.7 Å². The Labute approximate surface area is 184 Å². The van der Waals surface area contributed by atoms with Crippen molar-refractivity contribution in [3.63, 3.8) is 0 Å². The van der Waals surface area contributed by atoms with Crippen LogP contribution in [0.2, 0.25) is 0 Å². The van der Waals surface area contributed by atoms with Crippen LogP contribution in [-0.2, 0) is 17.8 Å². The van der Waals surface area contributed by atoms with Crippen LogP contribution in [0.15, 0.2) is 42.5 Å². The lowest BCUT2D eigenvalue weighted by Gasteiger charge is -2.47. The molecule has 0 aromatic heterocycles. The molecule has 2 heterocycles. The summed E-state index contributed by atoms with van der Waals surface area (Å²) >= 11 is 0. The number of rotatable bonds is 4. The van der Waals surface area contributed by atoms with Crippen molar-refractivity contribution in [3.05, 3.63) is 64.7 Å². The molecule has 0 radical (unpaired) electrons. The molecule has 164 valence electrons. The third kappa shape index (κ3) is 4.09. The molecule has 31 heavy (non-hydrogen) atoms. The molecule has 1 saturated heterocycles. The zero-order valence-corrected chi connectivity index (χ0v) is 18.6. The molecule has 2 fully saturated rings. The molecule has 1 amide bonds. The number of carbonyl (C=O) groups is 1. The highest BCUT2D eigenvalue weighted by Gasteiger charge is 2.42. The highest BCUT2D eigenvalue weighted by molar-refractivity contribution is 5.95. The van der Waals surface area contributed by atoms with Gasteiger partial charge >= 0.3 is 0 Å². The molecule has 2 aromatic rings. The Balaban J connectivity index is 1.28. The number of piperidine rings is 1. The molecule has 3 aliphatic rings. The molecule has 1 saturated carbocycles. The molecule has 0 atom stereocenters. The van der Waals surface area contributed by atoms with E-state index in [9.17, 15) is 4.79 Å². The van der Waals surface area contributed by atoms with Crippen LogP contribution in [0.25, 0.3) is 0 Å². The minimum Gasteiger partial charge on any atom is -0.462 e. The Kier molecular flexibility index (Phi) is 5.49. The third-order valence-corrected chi connectivity index (χ3v) is 7.11. The van der Waals surface area contributed by atoms with Gasteiger partial charge in [-0.2, -0.15) is 0 Å². The fraction of sp³-hybridized carbons (Fsp3) is 0.500. The maximum Gasteiger partial charge on any atom is 0.253 e. The number of amides is 1. The van der Waals surface area contributed by atoms with Crippen molar-refractivity contribution in [2.45, 2.75) is 57.0 Å². The van der Waals surface area contributed by atoms with Crippen LogP contribution < -0.4 is 4.74 Å². The number of likely N-dealkylation sites (tertiary alicyclic amines) is 1. The summed E-state index contributed by atoms with van der Waals surface area (Å²) < 4.78 is 12.7. The smallest absolute Gasteiger partial charge is 0.253 e. The summed E-state index contributed by atoms with van der Waals surface area (Å²) in [5, 5.41) is 0. The van der Waals surface area contributed by atoms with E-state index in [4.69, 9.17) is 9.47 Å². The predicted octanol–water partition coefficient (Wildman–Crippen LogP) is 4.23. The van der Waals surface area contributed by atoms with Gasteiger partial charge in [-0.25, -0.2) is 0 Å². The summed E-state index contributed by atoms with van der Waals surface area (Å²) in [4.78, 5) is 16.8. The minimum atomic E-state index is -0.459. The van der Waals surface area contributed by atoms with Crippen molar-refractivity contribution in [2.75, 3.05) is 27.2 Å². The molecule has 0 N–H and O–H groups in total. The standard InChI is InChI=1S/C26H32N2O3/c1-27(2)25(29)23-9-4-3-6-20(23)16-19-10-11-24-21(17-19)18-30-26(31-24)12-14-28(15-13-26)22-7-5-8-22/h3-4,6,9-11,17,22H,5,7-8,12-16,18H2,1-2H3. The van der Waals surface area contributed by atoms with E-state index in [0.29, 0.717) is 13.0 Å². The number of ether oxygens (including phenoxy) is 2. The molecule has 5 nitrogen and oxygen atoms in total. The van der Waals surface area contributed by atoms with E-state index in [1.807, 2.05) is 24.3 Å². The van der Waals surface area contributed by atoms with Crippen molar-refractivity contribution < 1.29 is 14.3 Å². The quantitative estimate of drug-likeness (QED) is 0.742. The predicted molar refractivity (Wildman–Crippen MR) is 120 cm³/mol.